The maximum absolute atomic E-state index is 12.4. The number of rotatable bonds is 3. The molecule has 118 valence electrons. The summed E-state index contributed by atoms with van der Waals surface area (Å²) in [5, 5.41) is 9.40. The molecule has 2 saturated heterocycles. The van der Waals surface area contributed by atoms with Crippen molar-refractivity contribution >= 4 is 11.9 Å². The van der Waals surface area contributed by atoms with E-state index in [2.05, 4.69) is 0 Å². The van der Waals surface area contributed by atoms with E-state index in [-0.39, 0.29) is 23.5 Å². The van der Waals surface area contributed by atoms with Crippen LogP contribution >= 0.6 is 0 Å². The molecule has 2 heterocycles. The molecular formula is C16H19NO5. The van der Waals surface area contributed by atoms with Gasteiger partial charge in [-0.3, -0.25) is 9.59 Å². The molecule has 0 saturated carbocycles. The number of esters is 1. The lowest BCUT2D eigenvalue weighted by Gasteiger charge is -2.18. The predicted octanol–water partition coefficient (Wildman–Crippen LogP) is 0.896. The SMILES string of the molecule is COC(=O)[C@@H]1CN(C(=O)C2(C)CO2)C[C@H]1c1ccc(O)cc1. The maximum Gasteiger partial charge on any atom is 0.311 e. The third-order valence-corrected chi connectivity index (χ3v) is 4.46. The highest BCUT2D eigenvalue weighted by Crippen LogP contribution is 2.37. The van der Waals surface area contributed by atoms with Crippen molar-refractivity contribution in [1.82, 2.24) is 4.90 Å². The second-order valence-corrected chi connectivity index (χ2v) is 6.06. The minimum Gasteiger partial charge on any atom is -0.508 e. The number of phenolic OH excluding ortho intramolecular Hbond substituents is 1. The van der Waals surface area contributed by atoms with Gasteiger partial charge < -0.3 is 19.5 Å². The number of carbonyl (C=O) groups excluding carboxylic acids is 2. The molecule has 0 aliphatic carbocycles. The van der Waals surface area contributed by atoms with E-state index in [1.165, 1.54) is 7.11 Å². The minimum absolute atomic E-state index is 0.0809. The van der Waals surface area contributed by atoms with Crippen LogP contribution in [0.25, 0.3) is 0 Å². The van der Waals surface area contributed by atoms with Gasteiger partial charge in [0.15, 0.2) is 5.60 Å². The third-order valence-electron chi connectivity index (χ3n) is 4.46. The number of likely N-dealkylation sites (tertiary alicyclic amines) is 1. The van der Waals surface area contributed by atoms with Crippen LogP contribution in [0.4, 0.5) is 0 Å². The molecule has 3 atom stereocenters. The largest absolute Gasteiger partial charge is 0.508 e. The van der Waals surface area contributed by atoms with Gasteiger partial charge in [-0.05, 0) is 24.6 Å². The van der Waals surface area contributed by atoms with Gasteiger partial charge in [-0.2, -0.15) is 0 Å². The van der Waals surface area contributed by atoms with Crippen LogP contribution in [0.2, 0.25) is 0 Å². The topological polar surface area (TPSA) is 79.4 Å². The number of nitrogens with zero attached hydrogens (tertiary/aromatic N) is 1. The molecule has 2 aliphatic heterocycles. The van der Waals surface area contributed by atoms with Crippen LogP contribution in [0.15, 0.2) is 24.3 Å². The van der Waals surface area contributed by atoms with Gasteiger partial charge in [0, 0.05) is 19.0 Å². The molecule has 1 aromatic carbocycles. The number of hydrogen-bond acceptors (Lipinski definition) is 5. The van der Waals surface area contributed by atoms with Crippen molar-refractivity contribution in [2.75, 3.05) is 26.8 Å². The van der Waals surface area contributed by atoms with Crippen molar-refractivity contribution in [1.29, 1.82) is 0 Å². The fraction of sp³-hybridized carbons (Fsp3) is 0.500. The zero-order chi connectivity index (χ0) is 15.9. The summed E-state index contributed by atoms with van der Waals surface area (Å²) >= 11 is 0. The van der Waals surface area contributed by atoms with Crippen LogP contribution in [0.3, 0.4) is 0 Å². The molecule has 6 heteroatoms. The van der Waals surface area contributed by atoms with Crippen LogP contribution in [0.5, 0.6) is 5.75 Å². The fourth-order valence-corrected chi connectivity index (χ4v) is 2.99. The summed E-state index contributed by atoms with van der Waals surface area (Å²) in [6.45, 7) is 2.96. The monoisotopic (exact) mass is 305 g/mol. The number of phenols is 1. The van der Waals surface area contributed by atoms with E-state index in [1.807, 2.05) is 0 Å². The Morgan fingerprint density at radius 2 is 1.95 bits per heavy atom. The summed E-state index contributed by atoms with van der Waals surface area (Å²) in [6, 6.07) is 6.72. The van der Waals surface area contributed by atoms with E-state index < -0.39 is 11.5 Å². The highest BCUT2D eigenvalue weighted by atomic mass is 16.6. The first kappa shape index (κ1) is 14.8. The van der Waals surface area contributed by atoms with Crippen LogP contribution in [-0.4, -0.2) is 54.3 Å². The molecule has 1 N–H and O–H groups in total. The van der Waals surface area contributed by atoms with Gasteiger partial charge in [0.1, 0.15) is 5.75 Å². The smallest absolute Gasteiger partial charge is 0.311 e. The van der Waals surface area contributed by atoms with Crippen LogP contribution in [0, 0.1) is 5.92 Å². The number of benzene rings is 1. The molecule has 6 nitrogen and oxygen atoms in total. The number of amides is 1. The van der Waals surface area contributed by atoms with Crippen molar-refractivity contribution in [2.24, 2.45) is 5.92 Å². The predicted molar refractivity (Wildman–Crippen MR) is 77.3 cm³/mol. The summed E-state index contributed by atoms with van der Waals surface area (Å²) in [5.41, 5.74) is 0.176. The molecular weight excluding hydrogens is 286 g/mol. The Labute approximate surface area is 128 Å². The first-order valence-corrected chi connectivity index (χ1v) is 7.25. The number of hydrogen-bond donors (Lipinski definition) is 1. The molecule has 2 fully saturated rings. The Bertz CT molecular complexity index is 593. The van der Waals surface area contributed by atoms with E-state index in [4.69, 9.17) is 9.47 Å². The lowest BCUT2D eigenvalue weighted by Crippen LogP contribution is -2.39. The normalized spacial score (nSPS) is 30.2. The Morgan fingerprint density at radius 3 is 2.50 bits per heavy atom. The Hall–Kier alpha value is -2.08. The average Bonchev–Trinajstić information content (AvgIpc) is 3.12. The van der Waals surface area contributed by atoms with Gasteiger partial charge in [-0.25, -0.2) is 0 Å². The molecule has 0 spiro atoms. The Balaban J connectivity index is 1.84. The maximum atomic E-state index is 12.4. The summed E-state index contributed by atoms with van der Waals surface area (Å²) in [4.78, 5) is 26.2. The van der Waals surface area contributed by atoms with Crippen molar-refractivity contribution in [2.45, 2.75) is 18.4 Å². The molecule has 1 unspecified atom stereocenters. The summed E-state index contributed by atoms with van der Waals surface area (Å²) in [5.74, 6) is -0.777. The van der Waals surface area contributed by atoms with Gasteiger partial charge in [-0.15, -0.1) is 0 Å². The van der Waals surface area contributed by atoms with Crippen molar-refractivity contribution in [3.63, 3.8) is 0 Å². The number of ether oxygens (including phenoxy) is 2. The standard InChI is InChI=1S/C16H19NO5/c1-16(9-22-16)15(20)17-7-12(13(8-17)14(19)21-2)10-3-5-11(18)6-4-10/h3-6,12-13,18H,7-9H2,1-2H3/t12-,13+,16?/m0/s1. The number of aromatic hydroxyl groups is 1. The van der Waals surface area contributed by atoms with E-state index >= 15 is 0 Å². The van der Waals surface area contributed by atoms with E-state index in [1.54, 1.807) is 36.1 Å². The van der Waals surface area contributed by atoms with Crippen molar-refractivity contribution < 1.29 is 24.2 Å². The lowest BCUT2D eigenvalue weighted by atomic mass is 9.89. The van der Waals surface area contributed by atoms with Crippen LogP contribution < -0.4 is 0 Å². The molecule has 0 radical (unpaired) electrons. The Morgan fingerprint density at radius 1 is 1.32 bits per heavy atom. The zero-order valence-electron chi connectivity index (χ0n) is 12.6. The van der Waals surface area contributed by atoms with Crippen molar-refractivity contribution in [3.8, 4) is 5.75 Å². The van der Waals surface area contributed by atoms with E-state index in [9.17, 15) is 14.7 Å². The molecule has 22 heavy (non-hydrogen) atoms. The molecule has 0 aromatic heterocycles. The van der Waals surface area contributed by atoms with Gasteiger partial charge in [0.05, 0.1) is 19.6 Å². The number of methoxy groups -OCH3 is 1. The Kier molecular flexibility index (Phi) is 3.56. The molecule has 0 bridgehead atoms. The van der Waals surface area contributed by atoms with Crippen molar-refractivity contribution in [3.05, 3.63) is 29.8 Å². The average molecular weight is 305 g/mol. The summed E-state index contributed by atoms with van der Waals surface area (Å²) in [6.07, 6.45) is 0. The zero-order valence-corrected chi connectivity index (χ0v) is 12.6. The number of carbonyl (C=O) groups is 2. The first-order valence-electron chi connectivity index (χ1n) is 7.25. The lowest BCUT2D eigenvalue weighted by molar-refractivity contribution is -0.145. The van der Waals surface area contributed by atoms with Gasteiger partial charge in [0.2, 0.25) is 0 Å². The number of epoxide rings is 1. The van der Waals surface area contributed by atoms with Gasteiger partial charge in [0.25, 0.3) is 5.91 Å². The molecule has 2 aliphatic rings. The summed E-state index contributed by atoms with van der Waals surface area (Å²) in [7, 11) is 1.35. The third kappa shape index (κ3) is 2.54. The molecule has 3 rings (SSSR count). The van der Waals surface area contributed by atoms with Gasteiger partial charge in [-0.1, -0.05) is 12.1 Å². The minimum atomic E-state index is -0.732. The quantitative estimate of drug-likeness (QED) is 0.663. The fourth-order valence-electron chi connectivity index (χ4n) is 2.99. The van der Waals surface area contributed by atoms with Gasteiger partial charge >= 0.3 is 5.97 Å². The summed E-state index contributed by atoms with van der Waals surface area (Å²) < 4.78 is 10.1. The molecule has 1 amide bonds. The first-order chi connectivity index (χ1) is 10.4. The highest BCUT2D eigenvalue weighted by Gasteiger charge is 2.52. The van der Waals surface area contributed by atoms with E-state index in [0.29, 0.717) is 19.7 Å². The van der Waals surface area contributed by atoms with Crippen LogP contribution in [0.1, 0.15) is 18.4 Å². The second-order valence-electron chi connectivity index (χ2n) is 6.06. The molecule has 1 aromatic rings. The highest BCUT2D eigenvalue weighted by molar-refractivity contribution is 5.88. The van der Waals surface area contributed by atoms with Crippen LogP contribution in [-0.2, 0) is 19.1 Å². The van der Waals surface area contributed by atoms with E-state index in [0.717, 1.165) is 5.56 Å². The second kappa shape index (κ2) is 5.28.